The van der Waals surface area contributed by atoms with Crippen molar-refractivity contribution in [2.24, 2.45) is 5.73 Å². The molecule has 0 bridgehead atoms. The molecule has 1 saturated heterocycles. The predicted molar refractivity (Wildman–Crippen MR) is 58.6 cm³/mol. The molecule has 0 amide bonds. The van der Waals surface area contributed by atoms with Crippen LogP contribution in [-0.4, -0.2) is 12.2 Å². The van der Waals surface area contributed by atoms with Crippen LogP contribution < -0.4 is 10.6 Å². The van der Waals surface area contributed by atoms with Gasteiger partial charge in [0.2, 0.25) is 0 Å². The van der Waals surface area contributed by atoms with Gasteiger partial charge in [-0.2, -0.15) is 13.2 Å². The normalized spacial score (nSPS) is 27.2. The predicted octanol–water partition coefficient (Wildman–Crippen LogP) is 2.52. The van der Waals surface area contributed by atoms with Crippen molar-refractivity contribution in [3.8, 4) is 0 Å². The molecule has 2 unspecified atom stereocenters. The van der Waals surface area contributed by atoms with E-state index >= 15 is 0 Å². The van der Waals surface area contributed by atoms with E-state index in [2.05, 4.69) is 4.90 Å². The summed E-state index contributed by atoms with van der Waals surface area (Å²) in [6, 6.07) is 4.26. The topological polar surface area (TPSA) is 29.3 Å². The van der Waals surface area contributed by atoms with E-state index in [-0.39, 0.29) is 6.17 Å². The molecule has 2 aliphatic heterocycles. The van der Waals surface area contributed by atoms with E-state index in [4.69, 9.17) is 5.73 Å². The van der Waals surface area contributed by atoms with Crippen LogP contribution in [-0.2, 0) is 12.6 Å². The molecular weight excluding hydrogens is 229 g/mol. The fraction of sp³-hybridized carbons (Fsp3) is 0.500. The fourth-order valence-corrected chi connectivity index (χ4v) is 2.92. The zero-order valence-electron chi connectivity index (χ0n) is 9.17. The van der Waals surface area contributed by atoms with Crippen LogP contribution in [0.15, 0.2) is 18.2 Å². The molecule has 2 heterocycles. The van der Waals surface area contributed by atoms with Gasteiger partial charge in [-0.25, -0.2) is 0 Å². The molecular formula is C12H13F3N2. The number of nitrogens with zero attached hydrogens (tertiary/aromatic N) is 1. The first-order valence-corrected chi connectivity index (χ1v) is 5.71. The number of fused-ring (bicyclic) bond motifs is 3. The number of benzene rings is 1. The summed E-state index contributed by atoms with van der Waals surface area (Å²) in [6.45, 7) is 0. The van der Waals surface area contributed by atoms with Crippen molar-refractivity contribution < 1.29 is 13.2 Å². The molecule has 0 spiro atoms. The van der Waals surface area contributed by atoms with Gasteiger partial charge in [-0.3, -0.25) is 0 Å². The van der Waals surface area contributed by atoms with Gasteiger partial charge in [0.25, 0.3) is 0 Å². The van der Waals surface area contributed by atoms with Crippen LogP contribution in [0.1, 0.15) is 24.0 Å². The largest absolute Gasteiger partial charge is 0.416 e. The molecule has 0 aliphatic carbocycles. The fourth-order valence-electron chi connectivity index (χ4n) is 2.92. The van der Waals surface area contributed by atoms with Crippen molar-refractivity contribution in [2.45, 2.75) is 37.6 Å². The van der Waals surface area contributed by atoms with Gasteiger partial charge in [-0.05, 0) is 43.0 Å². The number of alkyl halides is 3. The molecule has 2 atom stereocenters. The number of halogens is 3. The summed E-state index contributed by atoms with van der Waals surface area (Å²) in [5, 5.41) is 0. The monoisotopic (exact) mass is 242 g/mol. The Bertz CT molecular complexity index is 456. The van der Waals surface area contributed by atoms with Gasteiger partial charge >= 0.3 is 6.18 Å². The van der Waals surface area contributed by atoms with Crippen LogP contribution in [0.4, 0.5) is 18.9 Å². The average molecular weight is 242 g/mol. The third kappa shape index (κ3) is 1.60. The highest BCUT2D eigenvalue weighted by molar-refractivity contribution is 5.62. The van der Waals surface area contributed by atoms with Crippen molar-refractivity contribution in [1.82, 2.24) is 0 Å². The molecule has 2 aliphatic rings. The van der Waals surface area contributed by atoms with Crippen LogP contribution in [0.2, 0.25) is 0 Å². The number of rotatable bonds is 0. The number of anilines is 1. The molecule has 1 fully saturated rings. The second-order valence-electron chi connectivity index (χ2n) is 4.75. The van der Waals surface area contributed by atoms with Crippen LogP contribution in [0.5, 0.6) is 0 Å². The molecule has 0 radical (unpaired) electrons. The summed E-state index contributed by atoms with van der Waals surface area (Å²) in [5.74, 6) is 0. The van der Waals surface area contributed by atoms with Crippen LogP contribution in [0, 0.1) is 0 Å². The minimum absolute atomic E-state index is 0.0435. The van der Waals surface area contributed by atoms with Crippen molar-refractivity contribution in [1.29, 1.82) is 0 Å². The lowest BCUT2D eigenvalue weighted by molar-refractivity contribution is -0.137. The first kappa shape index (κ1) is 10.9. The summed E-state index contributed by atoms with van der Waals surface area (Å²) in [5.41, 5.74) is 7.06. The summed E-state index contributed by atoms with van der Waals surface area (Å²) in [7, 11) is 0. The van der Waals surface area contributed by atoms with E-state index in [1.807, 2.05) is 0 Å². The van der Waals surface area contributed by atoms with Gasteiger partial charge < -0.3 is 10.6 Å². The first-order valence-electron chi connectivity index (χ1n) is 5.71. The Morgan fingerprint density at radius 2 is 2.00 bits per heavy atom. The lowest BCUT2D eigenvalue weighted by Gasteiger charge is -2.24. The lowest BCUT2D eigenvalue weighted by atomic mass is 10.0. The van der Waals surface area contributed by atoms with E-state index in [0.717, 1.165) is 30.2 Å². The van der Waals surface area contributed by atoms with E-state index in [9.17, 15) is 13.2 Å². The first-order chi connectivity index (χ1) is 7.97. The van der Waals surface area contributed by atoms with E-state index in [1.165, 1.54) is 6.07 Å². The van der Waals surface area contributed by atoms with Gasteiger partial charge in [-0.15, -0.1) is 0 Å². The van der Waals surface area contributed by atoms with Gasteiger partial charge in [0.1, 0.15) is 0 Å². The highest BCUT2D eigenvalue weighted by atomic mass is 19.4. The molecule has 92 valence electrons. The SMILES string of the molecule is NC1CCC2Cc3cc(C(F)(F)F)ccc3N12. The maximum Gasteiger partial charge on any atom is 0.416 e. The summed E-state index contributed by atoms with van der Waals surface area (Å²) in [4.78, 5) is 2.06. The van der Waals surface area contributed by atoms with E-state index in [1.54, 1.807) is 6.07 Å². The second-order valence-corrected chi connectivity index (χ2v) is 4.75. The molecule has 0 aromatic heterocycles. The van der Waals surface area contributed by atoms with Gasteiger partial charge in [0, 0.05) is 11.7 Å². The van der Waals surface area contributed by atoms with Crippen molar-refractivity contribution >= 4 is 5.69 Å². The average Bonchev–Trinajstić information content (AvgIpc) is 2.76. The second kappa shape index (κ2) is 3.38. The Labute approximate surface area is 97.2 Å². The summed E-state index contributed by atoms with van der Waals surface area (Å²) < 4.78 is 37.8. The van der Waals surface area contributed by atoms with Crippen molar-refractivity contribution in [3.63, 3.8) is 0 Å². The molecule has 3 rings (SSSR count). The Balaban J connectivity index is 2.01. The lowest BCUT2D eigenvalue weighted by Crippen LogP contribution is -2.38. The smallest absolute Gasteiger partial charge is 0.353 e. The molecule has 1 aromatic rings. The molecule has 5 heteroatoms. The van der Waals surface area contributed by atoms with Gasteiger partial charge in [0.05, 0.1) is 11.7 Å². The quantitative estimate of drug-likeness (QED) is 0.757. The third-order valence-corrected chi connectivity index (χ3v) is 3.69. The zero-order chi connectivity index (χ0) is 12.2. The van der Waals surface area contributed by atoms with Crippen molar-refractivity contribution in [2.75, 3.05) is 4.90 Å². The number of hydrogen-bond acceptors (Lipinski definition) is 2. The summed E-state index contributed by atoms with van der Waals surface area (Å²) in [6.07, 6.45) is -1.72. The van der Waals surface area contributed by atoms with Crippen molar-refractivity contribution in [3.05, 3.63) is 29.3 Å². The van der Waals surface area contributed by atoms with E-state index < -0.39 is 11.7 Å². The number of hydrogen-bond donors (Lipinski definition) is 1. The Morgan fingerprint density at radius 1 is 1.24 bits per heavy atom. The molecule has 2 N–H and O–H groups in total. The molecule has 2 nitrogen and oxygen atoms in total. The number of nitrogens with two attached hydrogens (primary N) is 1. The van der Waals surface area contributed by atoms with Gasteiger partial charge in [0.15, 0.2) is 0 Å². The minimum Gasteiger partial charge on any atom is -0.353 e. The summed E-state index contributed by atoms with van der Waals surface area (Å²) >= 11 is 0. The van der Waals surface area contributed by atoms with Crippen LogP contribution >= 0.6 is 0 Å². The van der Waals surface area contributed by atoms with Crippen LogP contribution in [0.25, 0.3) is 0 Å². The standard InChI is InChI=1S/C12H13F3N2/c13-12(14,15)8-1-3-10-7(5-8)6-9-2-4-11(16)17(9)10/h1,3,5,9,11H,2,4,6,16H2. The van der Waals surface area contributed by atoms with Gasteiger partial charge in [-0.1, -0.05) is 0 Å². The molecule has 0 saturated carbocycles. The zero-order valence-corrected chi connectivity index (χ0v) is 9.17. The highest BCUT2D eigenvalue weighted by Crippen LogP contribution is 2.42. The maximum absolute atomic E-state index is 12.6. The maximum atomic E-state index is 12.6. The Morgan fingerprint density at radius 3 is 2.71 bits per heavy atom. The minimum atomic E-state index is -4.26. The van der Waals surface area contributed by atoms with Crippen LogP contribution in [0.3, 0.4) is 0 Å². The molecule has 1 aromatic carbocycles. The third-order valence-electron chi connectivity index (χ3n) is 3.69. The molecule has 17 heavy (non-hydrogen) atoms. The Kier molecular flexibility index (Phi) is 2.17. The highest BCUT2D eigenvalue weighted by Gasteiger charge is 2.39. The van der Waals surface area contributed by atoms with E-state index in [0.29, 0.717) is 12.5 Å². The Hall–Kier alpha value is -1.23.